The van der Waals surface area contributed by atoms with Crippen molar-refractivity contribution in [2.24, 2.45) is 0 Å². The van der Waals surface area contributed by atoms with E-state index in [1.54, 1.807) is 6.20 Å². The lowest BCUT2D eigenvalue weighted by Crippen LogP contribution is -2.15. The van der Waals surface area contributed by atoms with Crippen molar-refractivity contribution in [3.8, 4) is 39.4 Å². The third-order valence-electron chi connectivity index (χ3n) is 10.3. The summed E-state index contributed by atoms with van der Waals surface area (Å²) in [5, 5.41) is 14.8. The fourth-order valence-corrected chi connectivity index (χ4v) is 7.70. The lowest BCUT2D eigenvalue weighted by molar-refractivity contribution is 0.663. The summed E-state index contributed by atoms with van der Waals surface area (Å²) in [4.78, 5) is 6.52. The van der Waals surface area contributed by atoms with Crippen molar-refractivity contribution < 1.29 is 0 Å². The van der Waals surface area contributed by atoms with Crippen LogP contribution in [-0.2, 0) is 5.41 Å². The number of hydrogen-bond donors (Lipinski definition) is 0. The molecule has 0 unspecified atom stereocenters. The van der Waals surface area contributed by atoms with E-state index >= 15 is 0 Å². The molecule has 0 saturated heterocycles. The lowest BCUT2D eigenvalue weighted by atomic mass is 9.80. The smallest absolute Gasteiger partial charge is 0.0991 e. The van der Waals surface area contributed by atoms with Gasteiger partial charge in [-0.25, -0.2) is 0 Å². The van der Waals surface area contributed by atoms with Crippen LogP contribution in [-0.4, -0.2) is 4.98 Å². The highest BCUT2D eigenvalue weighted by atomic mass is 15.1. The summed E-state index contributed by atoms with van der Waals surface area (Å²) in [7, 11) is 0. The molecular formula is C47H33N3. The Bertz CT molecular complexity index is 2580. The molecule has 1 heterocycles. The number of pyridine rings is 1. The molecule has 0 fully saturated rings. The average molecular weight is 640 g/mol. The first kappa shape index (κ1) is 29.6. The largest absolute Gasteiger partial charge is 0.311 e. The van der Waals surface area contributed by atoms with Crippen molar-refractivity contribution in [3.63, 3.8) is 0 Å². The number of nitriles is 1. The number of benzene rings is 7. The van der Waals surface area contributed by atoms with Gasteiger partial charge < -0.3 is 4.90 Å². The van der Waals surface area contributed by atoms with Crippen molar-refractivity contribution in [3.05, 3.63) is 181 Å². The van der Waals surface area contributed by atoms with Gasteiger partial charge in [-0.3, -0.25) is 4.98 Å². The van der Waals surface area contributed by atoms with E-state index in [0.29, 0.717) is 5.56 Å². The van der Waals surface area contributed by atoms with Gasteiger partial charge in [-0.15, -0.1) is 0 Å². The first-order chi connectivity index (χ1) is 24.5. The fourth-order valence-electron chi connectivity index (χ4n) is 7.70. The van der Waals surface area contributed by atoms with Crippen molar-refractivity contribution in [1.29, 1.82) is 5.26 Å². The molecular weight excluding hydrogens is 607 g/mol. The monoisotopic (exact) mass is 639 g/mol. The first-order valence-electron chi connectivity index (χ1n) is 17.0. The van der Waals surface area contributed by atoms with Crippen molar-refractivity contribution in [2.75, 3.05) is 4.90 Å². The number of anilines is 3. The second kappa shape index (κ2) is 11.6. The van der Waals surface area contributed by atoms with Crippen molar-refractivity contribution in [1.82, 2.24) is 4.98 Å². The molecule has 8 aromatic rings. The van der Waals surface area contributed by atoms with Gasteiger partial charge in [0.2, 0.25) is 0 Å². The molecule has 9 rings (SSSR count). The van der Waals surface area contributed by atoms with Gasteiger partial charge >= 0.3 is 0 Å². The Kier molecular flexibility index (Phi) is 6.86. The van der Waals surface area contributed by atoms with E-state index in [1.807, 2.05) is 36.5 Å². The van der Waals surface area contributed by atoms with Crippen molar-refractivity contribution in [2.45, 2.75) is 19.3 Å². The molecule has 1 aromatic heterocycles. The van der Waals surface area contributed by atoms with Gasteiger partial charge in [0.15, 0.2) is 0 Å². The molecule has 236 valence electrons. The van der Waals surface area contributed by atoms with E-state index in [-0.39, 0.29) is 5.41 Å². The van der Waals surface area contributed by atoms with Crippen LogP contribution < -0.4 is 4.90 Å². The van der Waals surface area contributed by atoms with Crippen LogP contribution in [0.25, 0.3) is 54.9 Å². The molecule has 1 aliphatic carbocycles. The van der Waals surface area contributed by atoms with E-state index in [9.17, 15) is 5.26 Å². The fraction of sp³-hybridized carbons (Fsp3) is 0.0638. The predicted octanol–water partition coefficient (Wildman–Crippen LogP) is 12.4. The van der Waals surface area contributed by atoms with Gasteiger partial charge in [-0.2, -0.15) is 5.26 Å². The zero-order chi connectivity index (χ0) is 33.8. The Hall–Kier alpha value is -6.50. The van der Waals surface area contributed by atoms with E-state index in [0.717, 1.165) is 28.2 Å². The molecule has 0 spiro atoms. The van der Waals surface area contributed by atoms with Gasteiger partial charge in [-0.05, 0) is 145 Å². The number of aromatic nitrogens is 1. The minimum absolute atomic E-state index is 0.130. The molecule has 1 aliphatic rings. The molecule has 0 atom stereocenters. The second-order valence-electron chi connectivity index (χ2n) is 13.6. The van der Waals surface area contributed by atoms with Crippen molar-refractivity contribution >= 4 is 38.6 Å². The van der Waals surface area contributed by atoms with Crippen LogP contribution in [0.2, 0.25) is 0 Å². The summed E-state index contributed by atoms with van der Waals surface area (Å²) in [5.41, 5.74) is 13.5. The summed E-state index contributed by atoms with van der Waals surface area (Å²) in [6.45, 7) is 4.74. The van der Waals surface area contributed by atoms with E-state index in [2.05, 4.69) is 151 Å². The molecule has 50 heavy (non-hydrogen) atoms. The third-order valence-corrected chi connectivity index (χ3v) is 10.3. The molecule has 0 N–H and O–H groups in total. The average Bonchev–Trinajstić information content (AvgIpc) is 3.41. The van der Waals surface area contributed by atoms with Crippen LogP contribution >= 0.6 is 0 Å². The van der Waals surface area contributed by atoms with Crippen LogP contribution in [0.1, 0.15) is 30.5 Å². The van der Waals surface area contributed by atoms with Gasteiger partial charge in [0.25, 0.3) is 0 Å². The topological polar surface area (TPSA) is 39.9 Å². The standard InChI is InChI=1S/C47H33N3/c1-47(2)43-27-38(32-7-4-3-5-8-32)25-35-12-13-36-26-39(28-44(47)46(36)45(35)43)34-16-22-42(23-17-34)50(40-18-10-31(29-48)11-19-40)41-20-14-33(15-21-41)37-9-6-24-49-30-37/h3-28,30H,1-2H3. The van der Waals surface area contributed by atoms with Crippen LogP contribution in [0.15, 0.2) is 164 Å². The third kappa shape index (κ3) is 4.85. The zero-order valence-corrected chi connectivity index (χ0v) is 27.9. The molecule has 0 radical (unpaired) electrons. The lowest BCUT2D eigenvalue weighted by Gasteiger charge is -2.26. The highest BCUT2D eigenvalue weighted by Crippen LogP contribution is 2.51. The maximum absolute atomic E-state index is 9.45. The SMILES string of the molecule is CC1(C)c2cc(-c3ccccc3)cc3ccc4cc(-c5ccc(N(c6ccc(C#N)cc6)c6ccc(-c7cccnc7)cc6)cc5)cc1c4c23. The second-order valence-corrected chi connectivity index (χ2v) is 13.6. The maximum Gasteiger partial charge on any atom is 0.0991 e. The van der Waals surface area contributed by atoms with Crippen LogP contribution in [0.5, 0.6) is 0 Å². The van der Waals surface area contributed by atoms with Crippen LogP contribution in [0, 0.1) is 11.3 Å². The van der Waals surface area contributed by atoms with Gasteiger partial charge in [0.1, 0.15) is 0 Å². The Balaban J connectivity index is 1.10. The molecule has 0 amide bonds. The summed E-state index contributed by atoms with van der Waals surface area (Å²) in [5.74, 6) is 0. The Morgan fingerprint density at radius 2 is 0.980 bits per heavy atom. The maximum atomic E-state index is 9.45. The summed E-state index contributed by atoms with van der Waals surface area (Å²) in [6.07, 6.45) is 3.68. The number of rotatable bonds is 6. The summed E-state index contributed by atoms with van der Waals surface area (Å²) >= 11 is 0. The minimum atomic E-state index is -0.130. The quantitative estimate of drug-likeness (QED) is 0.170. The number of nitrogens with zero attached hydrogens (tertiary/aromatic N) is 3. The first-order valence-corrected chi connectivity index (χ1v) is 17.0. The Morgan fingerprint density at radius 3 is 1.48 bits per heavy atom. The zero-order valence-electron chi connectivity index (χ0n) is 27.9. The molecule has 0 bridgehead atoms. The Morgan fingerprint density at radius 1 is 0.500 bits per heavy atom. The van der Waals surface area contributed by atoms with Crippen LogP contribution in [0.3, 0.4) is 0 Å². The van der Waals surface area contributed by atoms with Gasteiger partial charge in [-0.1, -0.05) is 86.6 Å². The normalized spacial score (nSPS) is 12.7. The van der Waals surface area contributed by atoms with Gasteiger partial charge in [0, 0.05) is 34.9 Å². The highest BCUT2D eigenvalue weighted by molar-refractivity contribution is 6.16. The molecule has 7 aromatic carbocycles. The minimum Gasteiger partial charge on any atom is -0.311 e. The van der Waals surface area contributed by atoms with E-state index < -0.39 is 0 Å². The van der Waals surface area contributed by atoms with Gasteiger partial charge in [0.05, 0.1) is 11.6 Å². The van der Waals surface area contributed by atoms with Crippen LogP contribution in [0.4, 0.5) is 17.1 Å². The van der Waals surface area contributed by atoms with E-state index in [4.69, 9.17) is 0 Å². The summed E-state index contributed by atoms with van der Waals surface area (Å²) < 4.78 is 0. The molecule has 0 aliphatic heterocycles. The predicted molar refractivity (Wildman–Crippen MR) is 207 cm³/mol. The molecule has 0 saturated carbocycles. The summed E-state index contributed by atoms with van der Waals surface area (Å²) in [6, 6.07) is 56.2. The number of hydrogen-bond acceptors (Lipinski definition) is 3. The Labute approximate surface area is 292 Å². The molecule has 3 nitrogen and oxygen atoms in total. The van der Waals surface area contributed by atoms with E-state index in [1.165, 1.54) is 54.9 Å². The molecule has 3 heteroatoms. The highest BCUT2D eigenvalue weighted by Gasteiger charge is 2.35.